The molecule has 0 aromatic heterocycles. The van der Waals surface area contributed by atoms with Gasteiger partial charge in [-0.15, -0.1) is 0 Å². The molecule has 0 saturated carbocycles. The maximum Gasteiger partial charge on any atom is 0.328 e. The van der Waals surface area contributed by atoms with Crippen molar-refractivity contribution in [2.75, 3.05) is 19.5 Å². The third kappa shape index (κ3) is 5.72. The molecule has 0 aliphatic rings. The smallest absolute Gasteiger partial charge is 0.328 e. The zero-order valence-corrected chi connectivity index (χ0v) is 12.8. The number of carbonyl (C=O) groups is 2. The molecular weight excluding hydrogens is 272 g/mol. The van der Waals surface area contributed by atoms with E-state index in [2.05, 4.69) is 10.6 Å². The van der Waals surface area contributed by atoms with Gasteiger partial charge in [0.2, 0.25) is 0 Å². The van der Waals surface area contributed by atoms with Crippen molar-refractivity contribution >= 4 is 17.7 Å². The van der Waals surface area contributed by atoms with Crippen molar-refractivity contribution in [3.05, 3.63) is 24.3 Å². The normalized spacial score (nSPS) is 11.7. The Balaban J connectivity index is 2.66. The van der Waals surface area contributed by atoms with E-state index in [4.69, 9.17) is 9.47 Å². The number of amides is 2. The molecule has 0 radical (unpaired) electrons. The number of benzene rings is 1. The van der Waals surface area contributed by atoms with Crippen LogP contribution in [0.1, 0.15) is 20.3 Å². The highest BCUT2D eigenvalue weighted by atomic mass is 16.5. The molecular formula is C15H22N2O4. The first-order valence-electron chi connectivity index (χ1n) is 6.75. The van der Waals surface area contributed by atoms with Crippen LogP contribution in [0.25, 0.3) is 0 Å². The largest absolute Gasteiger partial charge is 0.497 e. The minimum absolute atomic E-state index is 0.256. The Morgan fingerprint density at radius 2 is 1.95 bits per heavy atom. The van der Waals surface area contributed by atoms with Crippen LogP contribution in [0.4, 0.5) is 10.5 Å². The van der Waals surface area contributed by atoms with Gasteiger partial charge < -0.3 is 20.1 Å². The molecule has 0 bridgehead atoms. The predicted molar refractivity (Wildman–Crippen MR) is 80.4 cm³/mol. The molecule has 0 fully saturated rings. The number of esters is 1. The van der Waals surface area contributed by atoms with Crippen molar-refractivity contribution in [1.82, 2.24) is 5.32 Å². The molecule has 2 amide bonds. The average molecular weight is 294 g/mol. The molecule has 0 unspecified atom stereocenters. The highest BCUT2D eigenvalue weighted by Crippen LogP contribution is 2.16. The van der Waals surface area contributed by atoms with Crippen molar-refractivity contribution in [2.24, 2.45) is 5.92 Å². The van der Waals surface area contributed by atoms with E-state index in [0.717, 1.165) is 0 Å². The third-order valence-electron chi connectivity index (χ3n) is 2.83. The van der Waals surface area contributed by atoms with Crippen molar-refractivity contribution in [3.63, 3.8) is 0 Å². The summed E-state index contributed by atoms with van der Waals surface area (Å²) < 4.78 is 9.78. The number of hydrogen-bond acceptors (Lipinski definition) is 4. The molecule has 1 aromatic carbocycles. The second kappa shape index (κ2) is 8.14. The molecule has 0 aliphatic heterocycles. The van der Waals surface area contributed by atoms with E-state index >= 15 is 0 Å². The summed E-state index contributed by atoms with van der Waals surface area (Å²) in [4.78, 5) is 23.6. The van der Waals surface area contributed by atoms with E-state index in [1.807, 2.05) is 13.8 Å². The Morgan fingerprint density at radius 1 is 1.24 bits per heavy atom. The van der Waals surface area contributed by atoms with Crippen molar-refractivity contribution in [2.45, 2.75) is 26.3 Å². The van der Waals surface area contributed by atoms with Gasteiger partial charge in [-0.25, -0.2) is 9.59 Å². The Kier molecular flexibility index (Phi) is 6.52. The summed E-state index contributed by atoms with van der Waals surface area (Å²) in [6, 6.07) is 5.84. The van der Waals surface area contributed by atoms with Crippen LogP contribution >= 0.6 is 0 Å². The van der Waals surface area contributed by atoms with Crippen LogP contribution in [-0.2, 0) is 9.53 Å². The van der Waals surface area contributed by atoms with E-state index in [1.54, 1.807) is 31.4 Å². The van der Waals surface area contributed by atoms with Crippen LogP contribution in [0.3, 0.4) is 0 Å². The number of ether oxygens (including phenoxy) is 2. The highest BCUT2D eigenvalue weighted by Gasteiger charge is 2.22. The number of urea groups is 1. The molecule has 0 spiro atoms. The SMILES string of the molecule is COC(=O)[C@@H](CC(C)C)NC(=O)Nc1cccc(OC)c1. The summed E-state index contributed by atoms with van der Waals surface area (Å²) in [5.41, 5.74) is 0.583. The molecule has 21 heavy (non-hydrogen) atoms. The fourth-order valence-corrected chi connectivity index (χ4v) is 1.85. The van der Waals surface area contributed by atoms with E-state index in [-0.39, 0.29) is 5.92 Å². The van der Waals surface area contributed by atoms with Gasteiger partial charge in [-0.2, -0.15) is 0 Å². The Labute approximate surface area is 124 Å². The number of nitrogens with one attached hydrogen (secondary N) is 2. The summed E-state index contributed by atoms with van der Waals surface area (Å²) in [5.74, 6) is 0.440. The van der Waals surface area contributed by atoms with Gasteiger partial charge in [-0.05, 0) is 24.5 Å². The Morgan fingerprint density at radius 3 is 2.52 bits per heavy atom. The lowest BCUT2D eigenvalue weighted by molar-refractivity contribution is -0.143. The minimum atomic E-state index is -0.666. The van der Waals surface area contributed by atoms with Crippen molar-refractivity contribution in [3.8, 4) is 5.75 Å². The predicted octanol–water partition coefficient (Wildman–Crippen LogP) is 2.40. The van der Waals surface area contributed by atoms with Crippen LogP contribution in [0.5, 0.6) is 5.75 Å². The minimum Gasteiger partial charge on any atom is -0.497 e. The molecule has 6 heteroatoms. The van der Waals surface area contributed by atoms with Crippen LogP contribution < -0.4 is 15.4 Å². The zero-order chi connectivity index (χ0) is 15.8. The molecule has 6 nitrogen and oxygen atoms in total. The average Bonchev–Trinajstić information content (AvgIpc) is 2.45. The summed E-state index contributed by atoms with van der Waals surface area (Å²) in [6.07, 6.45) is 0.512. The quantitative estimate of drug-likeness (QED) is 0.790. The van der Waals surface area contributed by atoms with Gasteiger partial charge in [-0.1, -0.05) is 19.9 Å². The first-order valence-corrected chi connectivity index (χ1v) is 6.75. The Hall–Kier alpha value is -2.24. The number of hydrogen-bond donors (Lipinski definition) is 2. The first kappa shape index (κ1) is 16.8. The van der Waals surface area contributed by atoms with E-state index in [0.29, 0.717) is 17.9 Å². The van der Waals surface area contributed by atoms with Gasteiger partial charge in [0.1, 0.15) is 11.8 Å². The van der Waals surface area contributed by atoms with Crippen molar-refractivity contribution < 1.29 is 19.1 Å². The van der Waals surface area contributed by atoms with Crippen LogP contribution in [-0.4, -0.2) is 32.3 Å². The lowest BCUT2D eigenvalue weighted by Gasteiger charge is -2.18. The van der Waals surface area contributed by atoms with Crippen LogP contribution in [0.15, 0.2) is 24.3 Å². The van der Waals surface area contributed by atoms with Gasteiger partial charge in [0.15, 0.2) is 0 Å². The van der Waals surface area contributed by atoms with E-state index in [9.17, 15) is 9.59 Å². The molecule has 0 aliphatic carbocycles. The van der Waals surface area contributed by atoms with Gasteiger partial charge in [0, 0.05) is 11.8 Å². The van der Waals surface area contributed by atoms with Gasteiger partial charge >= 0.3 is 12.0 Å². The fourth-order valence-electron chi connectivity index (χ4n) is 1.85. The molecule has 1 aromatic rings. The maximum atomic E-state index is 12.0. The topological polar surface area (TPSA) is 76.7 Å². The van der Waals surface area contributed by atoms with E-state index < -0.39 is 18.0 Å². The molecule has 0 saturated heterocycles. The lowest BCUT2D eigenvalue weighted by Crippen LogP contribution is -2.44. The summed E-state index contributed by atoms with van der Waals surface area (Å²) in [5, 5.41) is 5.28. The molecule has 1 rings (SSSR count). The monoisotopic (exact) mass is 294 g/mol. The number of methoxy groups -OCH3 is 2. The first-order chi connectivity index (χ1) is 9.96. The number of carbonyl (C=O) groups excluding carboxylic acids is 2. The summed E-state index contributed by atoms with van der Waals surface area (Å²) in [7, 11) is 2.85. The maximum absolute atomic E-state index is 12.0. The second-order valence-electron chi connectivity index (χ2n) is 5.04. The standard InChI is InChI=1S/C15H22N2O4/c1-10(2)8-13(14(18)21-4)17-15(19)16-11-6-5-7-12(9-11)20-3/h5-7,9-10,13H,8H2,1-4H3,(H2,16,17,19)/t13-/m1/s1. The Bertz CT molecular complexity index is 488. The van der Waals surface area contributed by atoms with Gasteiger partial charge in [0.05, 0.1) is 14.2 Å². The summed E-state index contributed by atoms with van der Waals surface area (Å²) in [6.45, 7) is 3.94. The summed E-state index contributed by atoms with van der Waals surface area (Å²) >= 11 is 0. The molecule has 1 atom stereocenters. The molecule has 0 heterocycles. The van der Waals surface area contributed by atoms with Gasteiger partial charge in [0.25, 0.3) is 0 Å². The zero-order valence-electron chi connectivity index (χ0n) is 12.8. The molecule has 2 N–H and O–H groups in total. The molecule has 116 valence electrons. The van der Waals surface area contributed by atoms with Gasteiger partial charge in [-0.3, -0.25) is 0 Å². The van der Waals surface area contributed by atoms with E-state index in [1.165, 1.54) is 7.11 Å². The van der Waals surface area contributed by atoms with Crippen LogP contribution in [0.2, 0.25) is 0 Å². The number of anilines is 1. The third-order valence-corrected chi connectivity index (χ3v) is 2.83. The fraction of sp³-hybridized carbons (Fsp3) is 0.467. The number of rotatable bonds is 6. The van der Waals surface area contributed by atoms with Crippen LogP contribution in [0, 0.1) is 5.92 Å². The highest BCUT2D eigenvalue weighted by molar-refractivity contribution is 5.92. The lowest BCUT2D eigenvalue weighted by atomic mass is 10.0. The van der Waals surface area contributed by atoms with Crippen molar-refractivity contribution in [1.29, 1.82) is 0 Å². The second-order valence-corrected chi connectivity index (χ2v) is 5.04.